The molecular weight excluding hydrogens is 316 g/mol. The van der Waals surface area contributed by atoms with Gasteiger partial charge in [-0.15, -0.1) is 0 Å². The molecule has 6 atom stereocenters. The lowest BCUT2D eigenvalue weighted by Crippen LogP contribution is -2.59. The predicted octanol–water partition coefficient (Wildman–Crippen LogP) is -0.183. The summed E-state index contributed by atoms with van der Waals surface area (Å²) in [5.74, 6) is -0.162. The second kappa shape index (κ2) is 8.33. The van der Waals surface area contributed by atoms with Gasteiger partial charge in [0.15, 0.2) is 12.1 Å². The second-order valence-corrected chi connectivity index (χ2v) is 6.23. The van der Waals surface area contributed by atoms with E-state index in [1.807, 2.05) is 26.0 Å². The van der Waals surface area contributed by atoms with Gasteiger partial charge in [-0.05, 0) is 19.8 Å². The highest BCUT2D eigenvalue weighted by Gasteiger charge is 2.46. The number of carbonyl (C=O) groups is 1. The van der Waals surface area contributed by atoms with Gasteiger partial charge in [0.05, 0.1) is 6.61 Å². The third kappa shape index (κ3) is 3.93. The zero-order valence-corrected chi connectivity index (χ0v) is 14.0. The molecule has 0 amide bonds. The van der Waals surface area contributed by atoms with Crippen molar-refractivity contribution in [2.24, 2.45) is 0 Å². The van der Waals surface area contributed by atoms with Gasteiger partial charge in [-0.3, -0.25) is 4.79 Å². The van der Waals surface area contributed by atoms with E-state index in [0.29, 0.717) is 18.4 Å². The van der Waals surface area contributed by atoms with Crippen molar-refractivity contribution >= 4 is 5.78 Å². The van der Waals surface area contributed by atoms with E-state index in [2.05, 4.69) is 0 Å². The molecule has 24 heavy (non-hydrogen) atoms. The molecule has 0 aromatic rings. The lowest BCUT2D eigenvalue weighted by atomic mass is 9.99. The first kappa shape index (κ1) is 19.2. The number of aliphatic hydroxyl groups is 4. The molecule has 1 fully saturated rings. The van der Waals surface area contributed by atoms with Crippen molar-refractivity contribution in [1.29, 1.82) is 0 Å². The average Bonchev–Trinajstić information content (AvgIpc) is 2.83. The number of Topliss-reactive ketones (excluding diaryl/α,β-unsaturated/α-hetero) is 1. The summed E-state index contributed by atoms with van der Waals surface area (Å²) < 4.78 is 10.9. The van der Waals surface area contributed by atoms with E-state index >= 15 is 0 Å². The topological polar surface area (TPSA) is 116 Å². The number of hydrogen-bond acceptors (Lipinski definition) is 7. The molecule has 2 rings (SSSR count). The smallest absolute Gasteiger partial charge is 0.188 e. The van der Waals surface area contributed by atoms with E-state index in [1.54, 1.807) is 0 Å². The molecule has 1 heterocycles. The fourth-order valence-corrected chi connectivity index (χ4v) is 2.99. The van der Waals surface area contributed by atoms with Crippen LogP contribution in [0.2, 0.25) is 0 Å². The van der Waals surface area contributed by atoms with Crippen molar-refractivity contribution in [3.8, 4) is 0 Å². The molecule has 0 saturated carbocycles. The zero-order valence-electron chi connectivity index (χ0n) is 14.0. The normalized spacial score (nSPS) is 37.7. The Kier molecular flexibility index (Phi) is 6.68. The summed E-state index contributed by atoms with van der Waals surface area (Å²) in [4.78, 5) is 12.5. The summed E-state index contributed by atoms with van der Waals surface area (Å²) in [5.41, 5.74) is 1.62. The Morgan fingerprint density at radius 1 is 1.21 bits per heavy atom. The number of rotatable bonds is 6. The number of aliphatic hydroxyl groups excluding tert-OH is 4. The number of ketones is 1. The standard InChI is InChI=1S/C17H26O7/c1-3-4-5-6-10-9(2)7-11(13(10)19)23-17-16(22)15(21)14(20)12(8-18)24-17/h4-5,11-12,14-18,20-22H,3,6-8H2,1-2H3/b5-4+/t11?,12-,14-,15+,16-,17-/m1/s1. The van der Waals surface area contributed by atoms with Crippen LogP contribution >= 0.6 is 0 Å². The van der Waals surface area contributed by atoms with Crippen LogP contribution in [-0.2, 0) is 14.3 Å². The van der Waals surface area contributed by atoms with Crippen molar-refractivity contribution in [3.63, 3.8) is 0 Å². The molecule has 0 aromatic carbocycles. The van der Waals surface area contributed by atoms with Crippen LogP contribution in [0.25, 0.3) is 0 Å². The number of hydrogen-bond donors (Lipinski definition) is 4. The van der Waals surface area contributed by atoms with Gasteiger partial charge in [-0.1, -0.05) is 24.6 Å². The van der Waals surface area contributed by atoms with Gasteiger partial charge in [0, 0.05) is 12.0 Å². The maximum absolute atomic E-state index is 12.5. The minimum Gasteiger partial charge on any atom is -0.394 e. The molecule has 0 spiro atoms. The summed E-state index contributed by atoms with van der Waals surface area (Å²) >= 11 is 0. The summed E-state index contributed by atoms with van der Waals surface area (Å²) in [7, 11) is 0. The maximum atomic E-state index is 12.5. The van der Waals surface area contributed by atoms with Crippen LogP contribution in [0.4, 0.5) is 0 Å². The van der Waals surface area contributed by atoms with Crippen LogP contribution < -0.4 is 0 Å². The van der Waals surface area contributed by atoms with E-state index in [1.165, 1.54) is 0 Å². The highest BCUT2D eigenvalue weighted by Crippen LogP contribution is 2.31. The van der Waals surface area contributed by atoms with Crippen LogP contribution in [0.3, 0.4) is 0 Å². The Morgan fingerprint density at radius 2 is 1.92 bits per heavy atom. The first-order valence-electron chi connectivity index (χ1n) is 8.24. The van der Waals surface area contributed by atoms with Crippen LogP contribution in [-0.4, -0.2) is 69.6 Å². The van der Waals surface area contributed by atoms with Crippen LogP contribution in [0.15, 0.2) is 23.3 Å². The third-order valence-corrected chi connectivity index (χ3v) is 4.47. The lowest BCUT2D eigenvalue weighted by Gasteiger charge is -2.40. The molecule has 0 bridgehead atoms. The highest BCUT2D eigenvalue weighted by atomic mass is 16.7. The summed E-state index contributed by atoms with van der Waals surface area (Å²) in [6, 6.07) is 0. The molecule has 1 saturated heterocycles. The molecule has 0 radical (unpaired) electrons. The lowest BCUT2D eigenvalue weighted by molar-refractivity contribution is -0.307. The van der Waals surface area contributed by atoms with Crippen molar-refractivity contribution in [2.45, 2.75) is 69.9 Å². The van der Waals surface area contributed by atoms with E-state index in [9.17, 15) is 25.2 Å². The van der Waals surface area contributed by atoms with Crippen molar-refractivity contribution < 1.29 is 34.7 Å². The number of ether oxygens (including phenoxy) is 2. The summed E-state index contributed by atoms with van der Waals surface area (Å²) in [6.45, 7) is 3.34. The monoisotopic (exact) mass is 342 g/mol. The Bertz CT molecular complexity index is 511. The molecule has 1 aliphatic carbocycles. The van der Waals surface area contributed by atoms with Gasteiger partial charge in [-0.25, -0.2) is 0 Å². The van der Waals surface area contributed by atoms with Crippen molar-refractivity contribution in [1.82, 2.24) is 0 Å². The molecule has 2 aliphatic rings. The third-order valence-electron chi connectivity index (χ3n) is 4.47. The van der Waals surface area contributed by atoms with Crippen molar-refractivity contribution in [2.75, 3.05) is 6.61 Å². The quantitative estimate of drug-likeness (QED) is 0.495. The fourth-order valence-electron chi connectivity index (χ4n) is 2.99. The molecule has 0 aromatic heterocycles. The van der Waals surface area contributed by atoms with Gasteiger partial charge in [-0.2, -0.15) is 0 Å². The maximum Gasteiger partial charge on any atom is 0.188 e. The first-order chi connectivity index (χ1) is 11.4. The Labute approximate surface area is 141 Å². The van der Waals surface area contributed by atoms with Crippen molar-refractivity contribution in [3.05, 3.63) is 23.3 Å². The second-order valence-electron chi connectivity index (χ2n) is 6.23. The summed E-state index contributed by atoms with van der Waals surface area (Å²) in [5, 5.41) is 38.7. The largest absolute Gasteiger partial charge is 0.394 e. The summed E-state index contributed by atoms with van der Waals surface area (Å²) in [6.07, 6.45) is -1.85. The molecule has 4 N–H and O–H groups in total. The van der Waals surface area contributed by atoms with Gasteiger partial charge >= 0.3 is 0 Å². The molecule has 7 nitrogen and oxygen atoms in total. The molecular formula is C17H26O7. The van der Waals surface area contributed by atoms with Crippen LogP contribution in [0, 0.1) is 0 Å². The Balaban J connectivity index is 2.01. The van der Waals surface area contributed by atoms with Crippen LogP contribution in [0.5, 0.6) is 0 Å². The van der Waals surface area contributed by atoms with E-state index < -0.39 is 43.4 Å². The number of allylic oxidation sites excluding steroid dienone is 2. The first-order valence-corrected chi connectivity index (χ1v) is 8.24. The van der Waals surface area contributed by atoms with Gasteiger partial charge in [0.1, 0.15) is 30.5 Å². The van der Waals surface area contributed by atoms with E-state index in [4.69, 9.17) is 9.47 Å². The average molecular weight is 342 g/mol. The van der Waals surface area contributed by atoms with Gasteiger partial charge in [0.2, 0.25) is 0 Å². The van der Waals surface area contributed by atoms with Gasteiger partial charge < -0.3 is 29.9 Å². The molecule has 7 heteroatoms. The fraction of sp³-hybridized carbons (Fsp3) is 0.706. The van der Waals surface area contributed by atoms with Crippen LogP contribution in [0.1, 0.15) is 33.1 Å². The Hall–Kier alpha value is -1.09. The minimum atomic E-state index is -1.52. The molecule has 1 aliphatic heterocycles. The zero-order chi connectivity index (χ0) is 17.9. The Morgan fingerprint density at radius 3 is 2.54 bits per heavy atom. The SMILES string of the molecule is CC/C=C/CC1=C(C)CC(O[C@@H]2O[C@H](CO)[C@@H](O)[C@H](O)[C@H]2O)C1=O. The predicted molar refractivity (Wildman–Crippen MR) is 85.0 cm³/mol. The minimum absolute atomic E-state index is 0.162. The van der Waals surface area contributed by atoms with E-state index in [-0.39, 0.29) is 5.78 Å². The van der Waals surface area contributed by atoms with E-state index in [0.717, 1.165) is 12.0 Å². The highest BCUT2D eigenvalue weighted by molar-refractivity contribution is 6.02. The van der Waals surface area contributed by atoms with Gasteiger partial charge in [0.25, 0.3) is 0 Å². The molecule has 136 valence electrons. The molecule has 1 unspecified atom stereocenters. The number of carbonyl (C=O) groups excluding carboxylic acids is 1.